The van der Waals surface area contributed by atoms with Crippen LogP contribution in [0.15, 0.2) is 29.3 Å². The lowest BCUT2D eigenvalue weighted by Crippen LogP contribution is -2.39. The number of guanidine groups is 1. The van der Waals surface area contributed by atoms with E-state index in [0.29, 0.717) is 12.5 Å². The average Bonchev–Trinajstić information content (AvgIpc) is 2.97. The quantitative estimate of drug-likeness (QED) is 0.411. The number of rotatable bonds is 6. The molecule has 0 bridgehead atoms. The Balaban J connectivity index is 0.00000264. The minimum Gasteiger partial charge on any atom is -0.356 e. The second kappa shape index (κ2) is 10.8. The molecule has 0 spiro atoms. The molecule has 1 heterocycles. The molecular formula is C17H28FIN4. The molecule has 6 heteroatoms. The van der Waals surface area contributed by atoms with Crippen molar-refractivity contribution in [2.75, 3.05) is 33.2 Å². The summed E-state index contributed by atoms with van der Waals surface area (Å²) in [5.41, 5.74) is 1.04. The molecule has 23 heavy (non-hydrogen) atoms. The summed E-state index contributed by atoms with van der Waals surface area (Å²) in [7, 11) is 1.78. The van der Waals surface area contributed by atoms with Crippen molar-refractivity contribution in [2.24, 2.45) is 10.9 Å². The van der Waals surface area contributed by atoms with Gasteiger partial charge in [0.05, 0.1) is 0 Å². The summed E-state index contributed by atoms with van der Waals surface area (Å²) >= 11 is 0. The Morgan fingerprint density at radius 2 is 2.04 bits per heavy atom. The van der Waals surface area contributed by atoms with Crippen molar-refractivity contribution in [1.29, 1.82) is 0 Å². The van der Waals surface area contributed by atoms with Crippen LogP contribution in [-0.2, 0) is 6.54 Å². The van der Waals surface area contributed by atoms with Gasteiger partial charge in [0.1, 0.15) is 5.82 Å². The number of likely N-dealkylation sites (tertiary alicyclic amines) is 1. The zero-order valence-electron chi connectivity index (χ0n) is 14.0. The number of aliphatic imine (C=N–C) groups is 1. The maximum atomic E-state index is 12.9. The van der Waals surface area contributed by atoms with E-state index in [1.165, 1.54) is 44.6 Å². The highest BCUT2D eigenvalue weighted by molar-refractivity contribution is 14.0. The summed E-state index contributed by atoms with van der Waals surface area (Å²) in [6.45, 7) is 7.41. The number of nitrogens with zero attached hydrogens (tertiary/aromatic N) is 2. The van der Waals surface area contributed by atoms with Crippen LogP contribution in [0.2, 0.25) is 0 Å². The van der Waals surface area contributed by atoms with Crippen LogP contribution < -0.4 is 10.6 Å². The van der Waals surface area contributed by atoms with Crippen LogP contribution in [0.1, 0.15) is 25.3 Å². The van der Waals surface area contributed by atoms with Gasteiger partial charge in [0.25, 0.3) is 0 Å². The zero-order chi connectivity index (χ0) is 15.8. The Morgan fingerprint density at radius 3 is 2.70 bits per heavy atom. The largest absolute Gasteiger partial charge is 0.356 e. The molecule has 1 aliphatic rings. The third-order valence-corrected chi connectivity index (χ3v) is 4.06. The molecule has 130 valence electrons. The number of hydrogen-bond acceptors (Lipinski definition) is 2. The lowest BCUT2D eigenvalue weighted by atomic mass is 10.1. The number of nitrogens with one attached hydrogen (secondary N) is 2. The van der Waals surface area contributed by atoms with Crippen molar-refractivity contribution in [3.8, 4) is 0 Å². The van der Waals surface area contributed by atoms with Crippen LogP contribution in [0.5, 0.6) is 0 Å². The van der Waals surface area contributed by atoms with Crippen molar-refractivity contribution < 1.29 is 4.39 Å². The molecule has 1 aliphatic heterocycles. The number of hydrogen-bond donors (Lipinski definition) is 2. The molecular weight excluding hydrogens is 406 g/mol. The Bertz CT molecular complexity index is 478. The van der Waals surface area contributed by atoms with Crippen molar-refractivity contribution in [1.82, 2.24) is 15.5 Å². The molecule has 0 amide bonds. The van der Waals surface area contributed by atoms with Gasteiger partial charge in [-0.05, 0) is 49.5 Å². The normalized spacial score (nSPS) is 18.6. The third kappa shape index (κ3) is 7.03. The summed E-state index contributed by atoms with van der Waals surface area (Å²) in [6.07, 6.45) is 2.48. The topological polar surface area (TPSA) is 39.7 Å². The highest BCUT2D eigenvalue weighted by Crippen LogP contribution is 2.15. The molecule has 1 saturated heterocycles. The molecule has 0 aromatic heterocycles. The molecule has 1 atom stereocenters. The summed E-state index contributed by atoms with van der Waals surface area (Å²) in [4.78, 5) is 6.77. The van der Waals surface area contributed by atoms with E-state index >= 15 is 0 Å². The summed E-state index contributed by atoms with van der Waals surface area (Å²) in [6, 6.07) is 6.53. The van der Waals surface area contributed by atoms with E-state index < -0.39 is 0 Å². The summed E-state index contributed by atoms with van der Waals surface area (Å²) in [5.74, 6) is 1.29. The first-order chi connectivity index (χ1) is 10.7. The summed E-state index contributed by atoms with van der Waals surface area (Å²) in [5, 5.41) is 6.66. The molecule has 0 aliphatic carbocycles. The zero-order valence-corrected chi connectivity index (χ0v) is 16.3. The van der Waals surface area contributed by atoms with Gasteiger partial charge in [0.15, 0.2) is 5.96 Å². The lowest BCUT2D eigenvalue weighted by molar-refractivity contribution is 0.324. The van der Waals surface area contributed by atoms with Gasteiger partial charge >= 0.3 is 0 Å². The first-order valence-corrected chi connectivity index (χ1v) is 8.12. The van der Waals surface area contributed by atoms with E-state index in [-0.39, 0.29) is 29.8 Å². The first kappa shape index (κ1) is 20.2. The Kier molecular flexibility index (Phi) is 9.47. The lowest BCUT2D eigenvalue weighted by Gasteiger charge is -2.17. The maximum absolute atomic E-state index is 12.9. The molecule has 1 unspecified atom stereocenters. The predicted molar refractivity (Wildman–Crippen MR) is 105 cm³/mol. The van der Waals surface area contributed by atoms with E-state index in [0.717, 1.165) is 18.1 Å². The molecule has 0 saturated carbocycles. The van der Waals surface area contributed by atoms with Gasteiger partial charge in [-0.3, -0.25) is 4.99 Å². The fraction of sp³-hybridized carbons (Fsp3) is 0.588. The highest BCUT2D eigenvalue weighted by Gasteiger charge is 2.21. The fourth-order valence-corrected chi connectivity index (χ4v) is 2.85. The molecule has 1 aromatic rings. The predicted octanol–water partition coefficient (Wildman–Crippen LogP) is 2.84. The van der Waals surface area contributed by atoms with Crippen molar-refractivity contribution in [3.63, 3.8) is 0 Å². The minimum atomic E-state index is -0.205. The highest BCUT2D eigenvalue weighted by atomic mass is 127. The maximum Gasteiger partial charge on any atom is 0.191 e. The first-order valence-electron chi connectivity index (χ1n) is 8.12. The minimum absolute atomic E-state index is 0. The average molecular weight is 434 g/mol. The standard InChI is InChI=1S/C17H27FN4.HI/c1-3-9-22-10-8-15(13-22)12-21-17(19-2)20-11-14-4-6-16(18)7-5-14;/h4-7,15H,3,8-13H2,1-2H3,(H2,19,20,21);1H. The van der Waals surface area contributed by atoms with Gasteiger partial charge in [0, 0.05) is 26.7 Å². The molecule has 1 fully saturated rings. The van der Waals surface area contributed by atoms with Crippen LogP contribution in [0.25, 0.3) is 0 Å². The molecule has 2 N–H and O–H groups in total. The Morgan fingerprint density at radius 1 is 1.30 bits per heavy atom. The van der Waals surface area contributed by atoms with Gasteiger partial charge in [-0.2, -0.15) is 0 Å². The number of benzene rings is 1. The van der Waals surface area contributed by atoms with E-state index in [2.05, 4.69) is 27.4 Å². The van der Waals surface area contributed by atoms with E-state index in [9.17, 15) is 4.39 Å². The number of halogens is 2. The molecule has 2 rings (SSSR count). The molecule has 1 aromatic carbocycles. The van der Waals surface area contributed by atoms with Crippen LogP contribution in [-0.4, -0.2) is 44.1 Å². The van der Waals surface area contributed by atoms with Crippen LogP contribution in [0.3, 0.4) is 0 Å². The molecule has 0 radical (unpaired) electrons. The van der Waals surface area contributed by atoms with Crippen molar-refractivity contribution in [3.05, 3.63) is 35.6 Å². The van der Waals surface area contributed by atoms with Gasteiger partial charge in [-0.1, -0.05) is 19.1 Å². The SMILES string of the molecule is CCCN1CCC(CNC(=NC)NCc2ccc(F)cc2)C1.I. The monoisotopic (exact) mass is 434 g/mol. The second-order valence-electron chi connectivity index (χ2n) is 5.89. The second-order valence-corrected chi connectivity index (χ2v) is 5.89. The van der Waals surface area contributed by atoms with E-state index in [1.807, 2.05) is 0 Å². The van der Waals surface area contributed by atoms with Gasteiger partial charge in [0.2, 0.25) is 0 Å². The van der Waals surface area contributed by atoms with Crippen LogP contribution >= 0.6 is 24.0 Å². The Labute approximate surface area is 156 Å². The van der Waals surface area contributed by atoms with Crippen LogP contribution in [0, 0.1) is 11.7 Å². The molecule has 4 nitrogen and oxygen atoms in total. The third-order valence-electron chi connectivity index (χ3n) is 4.06. The van der Waals surface area contributed by atoms with E-state index in [1.54, 1.807) is 19.2 Å². The van der Waals surface area contributed by atoms with Gasteiger partial charge < -0.3 is 15.5 Å². The summed E-state index contributed by atoms with van der Waals surface area (Å²) < 4.78 is 12.9. The van der Waals surface area contributed by atoms with Gasteiger partial charge in [-0.25, -0.2) is 4.39 Å². The smallest absolute Gasteiger partial charge is 0.191 e. The van der Waals surface area contributed by atoms with E-state index in [4.69, 9.17) is 0 Å². The van der Waals surface area contributed by atoms with Crippen molar-refractivity contribution >= 4 is 29.9 Å². The van der Waals surface area contributed by atoms with Crippen LogP contribution in [0.4, 0.5) is 4.39 Å². The Hall–Kier alpha value is -0.890. The van der Waals surface area contributed by atoms with Gasteiger partial charge in [-0.15, -0.1) is 24.0 Å². The fourth-order valence-electron chi connectivity index (χ4n) is 2.85. The van der Waals surface area contributed by atoms with Crippen molar-refractivity contribution in [2.45, 2.75) is 26.3 Å².